The molecule has 1 heterocycles. The summed E-state index contributed by atoms with van der Waals surface area (Å²) in [6.07, 6.45) is 1.23. The van der Waals surface area contributed by atoms with Crippen LogP contribution in [0.25, 0.3) is 0 Å². The first-order chi connectivity index (χ1) is 6.47. The summed E-state index contributed by atoms with van der Waals surface area (Å²) in [7, 11) is -2.87. The zero-order valence-corrected chi connectivity index (χ0v) is 9.23. The van der Waals surface area contributed by atoms with Crippen LogP contribution in [-0.4, -0.2) is 27.0 Å². The van der Waals surface area contributed by atoms with Crippen molar-refractivity contribution in [3.05, 3.63) is 23.7 Å². The van der Waals surface area contributed by atoms with Crippen LogP contribution in [0, 0.1) is 6.92 Å². The second kappa shape index (κ2) is 4.61. The molecule has 0 saturated heterocycles. The first-order valence-electron chi connectivity index (χ1n) is 4.41. The van der Waals surface area contributed by atoms with E-state index in [2.05, 4.69) is 5.32 Å². The van der Waals surface area contributed by atoms with E-state index in [0.717, 1.165) is 11.5 Å². The molecule has 0 radical (unpaired) electrons. The van der Waals surface area contributed by atoms with Gasteiger partial charge in [-0.1, -0.05) is 0 Å². The third kappa shape index (κ3) is 4.43. The zero-order valence-electron chi connectivity index (χ0n) is 8.41. The normalized spacial score (nSPS) is 11.9. The number of hydrogen-bond donors (Lipinski definition) is 1. The molecule has 0 saturated carbocycles. The molecule has 14 heavy (non-hydrogen) atoms. The Morgan fingerprint density at radius 1 is 1.43 bits per heavy atom. The van der Waals surface area contributed by atoms with Crippen molar-refractivity contribution in [3.8, 4) is 0 Å². The summed E-state index contributed by atoms with van der Waals surface area (Å²) in [6, 6.07) is 3.76. The first kappa shape index (κ1) is 11.3. The monoisotopic (exact) mass is 217 g/mol. The van der Waals surface area contributed by atoms with E-state index in [0.29, 0.717) is 13.1 Å². The number of sulfone groups is 1. The van der Waals surface area contributed by atoms with Gasteiger partial charge in [0.25, 0.3) is 0 Å². The molecule has 80 valence electrons. The number of rotatable bonds is 5. The molecule has 1 N–H and O–H groups in total. The number of furan rings is 1. The Hall–Kier alpha value is -0.810. The van der Waals surface area contributed by atoms with E-state index in [9.17, 15) is 8.42 Å². The van der Waals surface area contributed by atoms with E-state index in [1.807, 2.05) is 19.1 Å². The Morgan fingerprint density at radius 3 is 2.64 bits per heavy atom. The number of aryl methyl sites for hydroxylation is 1. The molecule has 0 amide bonds. The molecule has 1 aromatic heterocycles. The molecule has 1 rings (SSSR count). The molecule has 0 fully saturated rings. The smallest absolute Gasteiger partial charge is 0.148 e. The molecule has 1 aromatic rings. The summed E-state index contributed by atoms with van der Waals surface area (Å²) in [6.45, 7) is 2.90. The van der Waals surface area contributed by atoms with Gasteiger partial charge >= 0.3 is 0 Å². The maximum atomic E-state index is 10.8. The molecule has 0 bridgehead atoms. The van der Waals surface area contributed by atoms with E-state index < -0.39 is 9.84 Å². The highest BCUT2D eigenvalue weighted by atomic mass is 32.2. The Bertz CT molecular complexity index is 381. The maximum absolute atomic E-state index is 10.8. The predicted molar refractivity (Wildman–Crippen MR) is 54.9 cm³/mol. The third-order valence-electron chi connectivity index (χ3n) is 1.74. The van der Waals surface area contributed by atoms with Crippen LogP contribution in [0.1, 0.15) is 11.5 Å². The molecule has 0 unspecified atom stereocenters. The highest BCUT2D eigenvalue weighted by Gasteiger charge is 2.02. The average Bonchev–Trinajstić information content (AvgIpc) is 2.44. The van der Waals surface area contributed by atoms with Gasteiger partial charge in [-0.25, -0.2) is 8.42 Å². The van der Waals surface area contributed by atoms with Crippen molar-refractivity contribution in [2.24, 2.45) is 0 Å². The Morgan fingerprint density at radius 2 is 2.14 bits per heavy atom. The van der Waals surface area contributed by atoms with Crippen LogP contribution in [0.5, 0.6) is 0 Å². The SMILES string of the molecule is Cc1ccc(CNCCS(C)(=O)=O)o1. The van der Waals surface area contributed by atoms with E-state index in [4.69, 9.17) is 4.42 Å². The molecular formula is C9H15NO3S. The molecule has 5 heteroatoms. The van der Waals surface area contributed by atoms with Gasteiger partial charge in [0.15, 0.2) is 0 Å². The van der Waals surface area contributed by atoms with Crippen LogP contribution in [0.3, 0.4) is 0 Å². The fourth-order valence-electron chi connectivity index (χ4n) is 1.05. The van der Waals surface area contributed by atoms with Crippen LogP contribution in [0.4, 0.5) is 0 Å². The topological polar surface area (TPSA) is 59.3 Å². The van der Waals surface area contributed by atoms with E-state index >= 15 is 0 Å². The van der Waals surface area contributed by atoms with Gasteiger partial charge < -0.3 is 9.73 Å². The van der Waals surface area contributed by atoms with Gasteiger partial charge in [-0.15, -0.1) is 0 Å². The van der Waals surface area contributed by atoms with Gasteiger partial charge in [0.1, 0.15) is 21.4 Å². The quantitative estimate of drug-likeness (QED) is 0.738. The van der Waals surface area contributed by atoms with Gasteiger partial charge in [0.05, 0.1) is 12.3 Å². The third-order valence-corrected chi connectivity index (χ3v) is 2.69. The van der Waals surface area contributed by atoms with Crippen molar-refractivity contribution >= 4 is 9.84 Å². The zero-order chi connectivity index (χ0) is 10.6. The van der Waals surface area contributed by atoms with E-state index in [-0.39, 0.29) is 5.75 Å². The fourth-order valence-corrected chi connectivity index (χ4v) is 1.56. The van der Waals surface area contributed by atoms with Crippen molar-refractivity contribution in [2.75, 3.05) is 18.6 Å². The molecular weight excluding hydrogens is 202 g/mol. The molecule has 0 aliphatic rings. The minimum Gasteiger partial charge on any atom is -0.465 e. The Labute approximate surface area is 84.2 Å². The molecule has 0 aromatic carbocycles. The summed E-state index contributed by atoms with van der Waals surface area (Å²) in [5.41, 5.74) is 0. The van der Waals surface area contributed by atoms with E-state index in [1.165, 1.54) is 6.26 Å². The Balaban J connectivity index is 2.23. The summed E-state index contributed by atoms with van der Waals surface area (Å²) in [5.74, 6) is 1.85. The maximum Gasteiger partial charge on any atom is 0.148 e. The number of nitrogens with one attached hydrogen (secondary N) is 1. The van der Waals surface area contributed by atoms with Gasteiger partial charge in [-0.05, 0) is 19.1 Å². The van der Waals surface area contributed by atoms with E-state index in [1.54, 1.807) is 0 Å². The van der Waals surface area contributed by atoms with Gasteiger partial charge in [0.2, 0.25) is 0 Å². The van der Waals surface area contributed by atoms with Crippen molar-refractivity contribution in [2.45, 2.75) is 13.5 Å². The van der Waals surface area contributed by atoms with Gasteiger partial charge in [-0.2, -0.15) is 0 Å². The Kier molecular flexibility index (Phi) is 3.71. The van der Waals surface area contributed by atoms with Crippen molar-refractivity contribution in [3.63, 3.8) is 0 Å². The van der Waals surface area contributed by atoms with Gasteiger partial charge in [0, 0.05) is 12.8 Å². The lowest BCUT2D eigenvalue weighted by molar-refractivity contribution is 0.465. The number of hydrogen-bond acceptors (Lipinski definition) is 4. The predicted octanol–water partition coefficient (Wildman–Crippen LogP) is 0.722. The molecule has 0 atom stereocenters. The largest absolute Gasteiger partial charge is 0.465 e. The van der Waals surface area contributed by atoms with Crippen LogP contribution < -0.4 is 5.32 Å². The highest BCUT2D eigenvalue weighted by molar-refractivity contribution is 7.90. The summed E-state index contributed by atoms with van der Waals surface area (Å²) in [4.78, 5) is 0. The van der Waals surface area contributed by atoms with Crippen LogP contribution in [0.2, 0.25) is 0 Å². The fraction of sp³-hybridized carbons (Fsp3) is 0.556. The standard InChI is InChI=1S/C9H15NO3S/c1-8-3-4-9(13-8)7-10-5-6-14(2,11)12/h3-4,10H,5-7H2,1-2H3. The first-order valence-corrected chi connectivity index (χ1v) is 6.47. The van der Waals surface area contributed by atoms with Crippen molar-refractivity contribution in [1.29, 1.82) is 0 Å². The second-order valence-corrected chi connectivity index (χ2v) is 5.58. The van der Waals surface area contributed by atoms with Crippen LogP contribution in [-0.2, 0) is 16.4 Å². The molecule has 0 aliphatic heterocycles. The minimum atomic E-state index is -2.87. The summed E-state index contributed by atoms with van der Waals surface area (Å²) < 4.78 is 26.9. The average molecular weight is 217 g/mol. The van der Waals surface area contributed by atoms with Crippen molar-refractivity contribution in [1.82, 2.24) is 5.32 Å². The second-order valence-electron chi connectivity index (χ2n) is 3.32. The minimum absolute atomic E-state index is 0.159. The molecule has 4 nitrogen and oxygen atoms in total. The molecule has 0 spiro atoms. The lowest BCUT2D eigenvalue weighted by Crippen LogP contribution is -2.21. The van der Waals surface area contributed by atoms with Crippen molar-refractivity contribution < 1.29 is 12.8 Å². The highest BCUT2D eigenvalue weighted by Crippen LogP contribution is 2.04. The lowest BCUT2D eigenvalue weighted by Gasteiger charge is -2.00. The lowest BCUT2D eigenvalue weighted by atomic mass is 10.4. The summed E-state index contributed by atoms with van der Waals surface area (Å²) >= 11 is 0. The van der Waals surface area contributed by atoms with Crippen LogP contribution >= 0.6 is 0 Å². The van der Waals surface area contributed by atoms with Crippen LogP contribution in [0.15, 0.2) is 16.5 Å². The molecule has 0 aliphatic carbocycles. The summed E-state index contributed by atoms with van der Waals surface area (Å²) in [5, 5.41) is 3.00. The van der Waals surface area contributed by atoms with Gasteiger partial charge in [-0.3, -0.25) is 0 Å².